The van der Waals surface area contributed by atoms with Crippen LogP contribution in [0.5, 0.6) is 5.75 Å². The molecule has 2 N–H and O–H groups in total. The molecule has 0 aliphatic rings. The Balaban J connectivity index is 2.38. The van der Waals surface area contributed by atoms with Crippen LogP contribution in [0.3, 0.4) is 0 Å². The number of unbranched alkanes of at least 4 members (excludes halogenated alkanes) is 1. The molecule has 0 aliphatic heterocycles. The molecule has 1 aromatic rings. The summed E-state index contributed by atoms with van der Waals surface area (Å²) in [6.07, 6.45) is 2.20. The Morgan fingerprint density at radius 1 is 1.50 bits per heavy atom. The Labute approximate surface area is 118 Å². The molecular weight excluding hydrogens is 258 g/mol. The van der Waals surface area contributed by atoms with Crippen LogP contribution in [-0.4, -0.2) is 17.1 Å². The molecule has 1 unspecified atom stereocenters. The van der Waals surface area contributed by atoms with E-state index in [2.05, 4.69) is 0 Å². The quantitative estimate of drug-likeness (QED) is 0.469. The van der Waals surface area contributed by atoms with Crippen LogP contribution in [0.4, 0.5) is 5.69 Å². The van der Waals surface area contributed by atoms with Crippen molar-refractivity contribution in [1.82, 2.24) is 0 Å². The van der Waals surface area contributed by atoms with Gasteiger partial charge in [0.15, 0.2) is 0 Å². The molecule has 0 heterocycles. The second-order valence-electron chi connectivity index (χ2n) is 5.04. The van der Waals surface area contributed by atoms with Gasteiger partial charge in [-0.1, -0.05) is 0 Å². The van der Waals surface area contributed by atoms with Crippen molar-refractivity contribution in [3.05, 3.63) is 33.9 Å². The van der Waals surface area contributed by atoms with Gasteiger partial charge in [0, 0.05) is 11.6 Å². The fourth-order valence-corrected chi connectivity index (χ4v) is 1.76. The van der Waals surface area contributed by atoms with Crippen molar-refractivity contribution in [2.45, 2.75) is 38.6 Å². The van der Waals surface area contributed by atoms with Crippen LogP contribution < -0.4 is 10.5 Å². The summed E-state index contributed by atoms with van der Waals surface area (Å²) >= 11 is 0. The molecule has 6 nitrogen and oxygen atoms in total. The molecule has 0 saturated heterocycles. The summed E-state index contributed by atoms with van der Waals surface area (Å²) in [6.45, 7) is 3.88. The molecule has 20 heavy (non-hydrogen) atoms. The molecule has 1 atom stereocenters. The fraction of sp³-hybridized carbons (Fsp3) is 0.500. The SMILES string of the molecule is Cc1cc(OCCCCC(C)(N)C#N)ccc1[N+](=O)[O-]. The van der Waals surface area contributed by atoms with E-state index in [0.29, 0.717) is 24.3 Å². The van der Waals surface area contributed by atoms with Gasteiger partial charge in [-0.2, -0.15) is 5.26 Å². The van der Waals surface area contributed by atoms with Crippen LogP contribution in [-0.2, 0) is 0 Å². The molecular formula is C14H19N3O3. The molecule has 1 rings (SSSR count). The lowest BCUT2D eigenvalue weighted by Gasteiger charge is -2.14. The third-order valence-corrected chi connectivity index (χ3v) is 2.98. The Morgan fingerprint density at radius 3 is 2.75 bits per heavy atom. The van der Waals surface area contributed by atoms with Gasteiger partial charge in [-0.05, 0) is 45.2 Å². The Morgan fingerprint density at radius 2 is 2.20 bits per heavy atom. The van der Waals surface area contributed by atoms with E-state index in [4.69, 9.17) is 15.7 Å². The average molecular weight is 277 g/mol. The van der Waals surface area contributed by atoms with Crippen molar-refractivity contribution >= 4 is 5.69 Å². The van der Waals surface area contributed by atoms with E-state index in [1.54, 1.807) is 26.0 Å². The molecule has 0 saturated carbocycles. The highest BCUT2D eigenvalue weighted by Crippen LogP contribution is 2.23. The third-order valence-electron chi connectivity index (χ3n) is 2.98. The molecule has 1 aromatic carbocycles. The Hall–Kier alpha value is -2.13. The van der Waals surface area contributed by atoms with Crippen LogP contribution in [0.1, 0.15) is 31.7 Å². The van der Waals surface area contributed by atoms with Crippen molar-refractivity contribution in [1.29, 1.82) is 5.26 Å². The second-order valence-corrected chi connectivity index (χ2v) is 5.04. The lowest BCUT2D eigenvalue weighted by Crippen LogP contribution is -2.33. The number of nitrogens with zero attached hydrogens (tertiary/aromatic N) is 2. The van der Waals surface area contributed by atoms with E-state index in [1.807, 2.05) is 6.07 Å². The van der Waals surface area contributed by atoms with Crippen molar-refractivity contribution in [2.24, 2.45) is 5.73 Å². The number of nitro benzene ring substituents is 1. The van der Waals surface area contributed by atoms with Crippen LogP contribution in [0, 0.1) is 28.4 Å². The Kier molecular flexibility index (Phi) is 5.47. The minimum atomic E-state index is -0.788. The van der Waals surface area contributed by atoms with Gasteiger partial charge in [-0.25, -0.2) is 0 Å². The summed E-state index contributed by atoms with van der Waals surface area (Å²) in [5.74, 6) is 0.615. The van der Waals surface area contributed by atoms with E-state index < -0.39 is 10.5 Å². The third kappa shape index (κ3) is 4.86. The number of benzene rings is 1. The first-order valence-corrected chi connectivity index (χ1v) is 6.44. The predicted molar refractivity (Wildman–Crippen MR) is 75.4 cm³/mol. The second kappa shape index (κ2) is 6.87. The van der Waals surface area contributed by atoms with Crippen LogP contribution in [0.15, 0.2) is 18.2 Å². The molecule has 0 fully saturated rings. The fourth-order valence-electron chi connectivity index (χ4n) is 1.76. The number of ether oxygens (including phenoxy) is 1. The maximum Gasteiger partial charge on any atom is 0.272 e. The average Bonchev–Trinajstić information content (AvgIpc) is 2.38. The predicted octanol–water partition coefficient (Wildman–Crippen LogP) is 2.69. The molecule has 0 bridgehead atoms. The summed E-state index contributed by atoms with van der Waals surface area (Å²) in [5.41, 5.74) is 5.58. The molecule has 108 valence electrons. The first-order chi connectivity index (χ1) is 9.35. The van der Waals surface area contributed by atoms with E-state index in [9.17, 15) is 10.1 Å². The summed E-state index contributed by atoms with van der Waals surface area (Å²) in [5, 5.41) is 19.4. The molecule has 0 spiro atoms. The van der Waals surface area contributed by atoms with E-state index >= 15 is 0 Å². The van der Waals surface area contributed by atoms with Gasteiger partial charge in [-0.15, -0.1) is 0 Å². The Bertz CT molecular complexity index is 521. The smallest absolute Gasteiger partial charge is 0.272 e. The topological polar surface area (TPSA) is 102 Å². The van der Waals surface area contributed by atoms with Gasteiger partial charge in [0.05, 0.1) is 17.6 Å². The summed E-state index contributed by atoms with van der Waals surface area (Å²) in [7, 11) is 0. The number of nitriles is 1. The van der Waals surface area contributed by atoms with Crippen LogP contribution in [0.25, 0.3) is 0 Å². The van der Waals surface area contributed by atoms with Gasteiger partial charge in [-0.3, -0.25) is 10.1 Å². The highest BCUT2D eigenvalue weighted by molar-refractivity contribution is 5.44. The van der Waals surface area contributed by atoms with Crippen LogP contribution >= 0.6 is 0 Å². The minimum Gasteiger partial charge on any atom is -0.494 e. The first-order valence-electron chi connectivity index (χ1n) is 6.44. The molecule has 0 amide bonds. The van der Waals surface area contributed by atoms with Gasteiger partial charge in [0.25, 0.3) is 5.69 Å². The van der Waals surface area contributed by atoms with Crippen molar-refractivity contribution in [2.75, 3.05) is 6.61 Å². The summed E-state index contributed by atoms with van der Waals surface area (Å²) in [4.78, 5) is 10.3. The van der Waals surface area contributed by atoms with Gasteiger partial charge >= 0.3 is 0 Å². The molecule has 0 aromatic heterocycles. The van der Waals surface area contributed by atoms with Crippen molar-refractivity contribution in [3.63, 3.8) is 0 Å². The van der Waals surface area contributed by atoms with Gasteiger partial charge < -0.3 is 10.5 Å². The summed E-state index contributed by atoms with van der Waals surface area (Å²) < 4.78 is 5.52. The normalized spacial score (nSPS) is 13.3. The number of nitrogens with two attached hydrogens (primary N) is 1. The number of hydrogen-bond donors (Lipinski definition) is 1. The number of hydrogen-bond acceptors (Lipinski definition) is 5. The molecule has 0 radical (unpaired) electrons. The van der Waals surface area contributed by atoms with E-state index in [-0.39, 0.29) is 5.69 Å². The van der Waals surface area contributed by atoms with Gasteiger partial charge in [0.1, 0.15) is 11.3 Å². The van der Waals surface area contributed by atoms with E-state index in [1.165, 1.54) is 6.07 Å². The molecule has 0 aliphatic carbocycles. The first kappa shape index (κ1) is 15.9. The minimum absolute atomic E-state index is 0.0882. The number of rotatable bonds is 7. The zero-order chi connectivity index (χ0) is 15.2. The van der Waals surface area contributed by atoms with Gasteiger partial charge in [0.2, 0.25) is 0 Å². The lowest BCUT2D eigenvalue weighted by molar-refractivity contribution is -0.385. The molecule has 6 heteroatoms. The zero-order valence-corrected chi connectivity index (χ0v) is 11.8. The monoisotopic (exact) mass is 277 g/mol. The highest BCUT2D eigenvalue weighted by atomic mass is 16.6. The zero-order valence-electron chi connectivity index (χ0n) is 11.8. The van der Waals surface area contributed by atoms with Crippen LogP contribution in [0.2, 0.25) is 0 Å². The van der Waals surface area contributed by atoms with Crippen molar-refractivity contribution in [3.8, 4) is 11.8 Å². The number of aryl methyl sites for hydroxylation is 1. The van der Waals surface area contributed by atoms with E-state index in [0.717, 1.165) is 12.8 Å². The standard InChI is InChI=1S/C14H19N3O3/c1-11-9-12(5-6-13(11)17(18)19)20-8-4-3-7-14(2,16)10-15/h5-6,9H,3-4,7-8,16H2,1-2H3. The highest BCUT2D eigenvalue weighted by Gasteiger charge is 2.16. The van der Waals surface area contributed by atoms with Crippen molar-refractivity contribution < 1.29 is 9.66 Å². The maximum absolute atomic E-state index is 10.7. The largest absolute Gasteiger partial charge is 0.494 e. The lowest BCUT2D eigenvalue weighted by atomic mass is 9.98. The maximum atomic E-state index is 10.7. The number of nitro groups is 1. The summed E-state index contributed by atoms with van der Waals surface area (Å²) in [6, 6.07) is 6.73.